The average molecular weight is 253 g/mol. The number of hydrogen-bond acceptors (Lipinski definition) is 3. The second-order valence-electron chi connectivity index (χ2n) is 6.22. The predicted octanol–water partition coefficient (Wildman–Crippen LogP) is 3.21. The molecule has 2 N–H and O–H groups in total. The molecule has 2 nitrogen and oxygen atoms in total. The Morgan fingerprint density at radius 2 is 2.18 bits per heavy atom. The summed E-state index contributed by atoms with van der Waals surface area (Å²) in [5.74, 6) is 0.430. The molecular weight excluding hydrogens is 230 g/mol. The van der Waals surface area contributed by atoms with Gasteiger partial charge in [0.2, 0.25) is 0 Å². The van der Waals surface area contributed by atoms with Crippen molar-refractivity contribution >= 4 is 11.3 Å². The summed E-state index contributed by atoms with van der Waals surface area (Å²) in [6.45, 7) is 8.65. The van der Waals surface area contributed by atoms with Crippen LogP contribution in [0.4, 0.5) is 0 Å². The van der Waals surface area contributed by atoms with E-state index in [-0.39, 0.29) is 17.2 Å². The van der Waals surface area contributed by atoms with Gasteiger partial charge < -0.3 is 10.5 Å². The van der Waals surface area contributed by atoms with Gasteiger partial charge in [0.05, 0.1) is 11.2 Å². The van der Waals surface area contributed by atoms with Crippen molar-refractivity contribution in [3.05, 3.63) is 22.4 Å². The largest absolute Gasteiger partial charge is 0.369 e. The van der Waals surface area contributed by atoms with Gasteiger partial charge in [-0.25, -0.2) is 0 Å². The van der Waals surface area contributed by atoms with Crippen LogP contribution >= 0.6 is 11.3 Å². The summed E-state index contributed by atoms with van der Waals surface area (Å²) in [7, 11) is 0. The van der Waals surface area contributed by atoms with E-state index < -0.39 is 0 Å². The van der Waals surface area contributed by atoms with Gasteiger partial charge in [0.1, 0.15) is 0 Å². The summed E-state index contributed by atoms with van der Waals surface area (Å²) in [6, 6.07) is 4.44. The van der Waals surface area contributed by atoms with E-state index in [1.165, 1.54) is 4.88 Å². The van der Waals surface area contributed by atoms with E-state index in [0.29, 0.717) is 5.92 Å². The normalized spacial score (nSPS) is 28.2. The Bertz CT molecular complexity index is 370. The number of hydrogen-bond donors (Lipinski definition) is 1. The predicted molar refractivity (Wildman–Crippen MR) is 73.3 cm³/mol. The first-order valence-corrected chi connectivity index (χ1v) is 7.16. The molecule has 96 valence electrons. The van der Waals surface area contributed by atoms with Gasteiger partial charge in [-0.15, -0.1) is 11.3 Å². The SMILES string of the molecule is CC1(C)CC(C(N)Cc2cccs2)C(C)(C)O1. The maximum absolute atomic E-state index is 6.39. The molecule has 1 aromatic heterocycles. The molecule has 17 heavy (non-hydrogen) atoms. The third-order valence-electron chi connectivity index (χ3n) is 3.68. The lowest BCUT2D eigenvalue weighted by atomic mass is 9.80. The fraction of sp³-hybridized carbons (Fsp3) is 0.714. The quantitative estimate of drug-likeness (QED) is 0.897. The van der Waals surface area contributed by atoms with Gasteiger partial charge >= 0.3 is 0 Å². The van der Waals surface area contributed by atoms with Gasteiger partial charge in [-0.1, -0.05) is 6.07 Å². The van der Waals surface area contributed by atoms with Crippen molar-refractivity contribution in [2.24, 2.45) is 11.7 Å². The molecule has 2 unspecified atom stereocenters. The second kappa shape index (κ2) is 4.38. The highest BCUT2D eigenvalue weighted by Gasteiger charge is 2.48. The number of thiophene rings is 1. The third kappa shape index (κ3) is 2.90. The zero-order chi connectivity index (χ0) is 12.7. The highest BCUT2D eigenvalue weighted by atomic mass is 32.1. The van der Waals surface area contributed by atoms with E-state index in [4.69, 9.17) is 10.5 Å². The first-order chi connectivity index (χ1) is 7.80. The van der Waals surface area contributed by atoms with E-state index in [2.05, 4.69) is 45.2 Å². The minimum atomic E-state index is -0.111. The Morgan fingerprint density at radius 1 is 1.47 bits per heavy atom. The molecule has 2 atom stereocenters. The van der Waals surface area contributed by atoms with Gasteiger partial charge in [-0.05, 0) is 52.0 Å². The molecule has 2 heterocycles. The Kier molecular flexibility index (Phi) is 3.36. The molecule has 1 aromatic rings. The summed E-state index contributed by atoms with van der Waals surface area (Å²) >= 11 is 1.79. The number of nitrogens with two attached hydrogens (primary N) is 1. The summed E-state index contributed by atoms with van der Waals surface area (Å²) < 4.78 is 6.11. The lowest BCUT2D eigenvalue weighted by Crippen LogP contribution is -2.42. The first kappa shape index (κ1) is 13.1. The summed E-state index contributed by atoms with van der Waals surface area (Å²) in [4.78, 5) is 1.37. The van der Waals surface area contributed by atoms with Crippen LogP contribution in [0.15, 0.2) is 17.5 Å². The molecule has 0 spiro atoms. The second-order valence-corrected chi connectivity index (χ2v) is 7.26. The van der Waals surface area contributed by atoms with Crippen LogP contribution in [0, 0.1) is 5.92 Å². The molecule has 1 aliphatic heterocycles. The highest BCUT2D eigenvalue weighted by Crippen LogP contribution is 2.43. The number of rotatable bonds is 3. The molecule has 3 heteroatoms. The third-order valence-corrected chi connectivity index (χ3v) is 4.58. The Balaban J connectivity index is 2.07. The van der Waals surface area contributed by atoms with Crippen LogP contribution in [0.5, 0.6) is 0 Å². The lowest BCUT2D eigenvalue weighted by molar-refractivity contribution is -0.0765. The van der Waals surface area contributed by atoms with E-state index in [1.807, 2.05) is 0 Å². The molecule has 0 radical (unpaired) electrons. The van der Waals surface area contributed by atoms with Crippen molar-refractivity contribution in [3.8, 4) is 0 Å². The zero-order valence-electron chi connectivity index (χ0n) is 11.2. The van der Waals surface area contributed by atoms with Crippen LogP contribution < -0.4 is 5.73 Å². The van der Waals surface area contributed by atoms with Gasteiger partial charge in [0.15, 0.2) is 0 Å². The monoisotopic (exact) mass is 253 g/mol. The molecule has 0 aromatic carbocycles. The Morgan fingerprint density at radius 3 is 2.65 bits per heavy atom. The van der Waals surface area contributed by atoms with Crippen LogP contribution in [-0.4, -0.2) is 17.2 Å². The average Bonchev–Trinajstić information content (AvgIpc) is 2.71. The van der Waals surface area contributed by atoms with Crippen molar-refractivity contribution in [2.75, 3.05) is 0 Å². The molecule has 0 amide bonds. The van der Waals surface area contributed by atoms with E-state index in [9.17, 15) is 0 Å². The minimum absolute atomic E-state index is 0.0404. The molecule has 1 aliphatic rings. The molecule has 0 saturated carbocycles. The van der Waals surface area contributed by atoms with Crippen LogP contribution in [-0.2, 0) is 11.2 Å². The maximum atomic E-state index is 6.39. The zero-order valence-corrected chi connectivity index (χ0v) is 12.0. The van der Waals surface area contributed by atoms with Crippen LogP contribution in [0.1, 0.15) is 39.0 Å². The van der Waals surface area contributed by atoms with Crippen LogP contribution in [0.25, 0.3) is 0 Å². The highest BCUT2D eigenvalue weighted by molar-refractivity contribution is 7.09. The van der Waals surface area contributed by atoms with E-state index >= 15 is 0 Å². The molecular formula is C14H23NOS. The van der Waals surface area contributed by atoms with E-state index in [0.717, 1.165) is 12.8 Å². The number of ether oxygens (including phenoxy) is 1. The fourth-order valence-corrected chi connectivity index (χ4v) is 3.85. The van der Waals surface area contributed by atoms with Crippen molar-refractivity contribution in [2.45, 2.75) is 57.8 Å². The molecule has 1 fully saturated rings. The Labute approximate surface area is 108 Å². The molecule has 1 saturated heterocycles. The van der Waals surface area contributed by atoms with E-state index in [1.54, 1.807) is 11.3 Å². The summed E-state index contributed by atoms with van der Waals surface area (Å²) in [6.07, 6.45) is 2.01. The minimum Gasteiger partial charge on any atom is -0.369 e. The van der Waals surface area contributed by atoms with Gasteiger partial charge in [0.25, 0.3) is 0 Å². The summed E-state index contributed by atoms with van der Waals surface area (Å²) in [5, 5.41) is 2.11. The lowest BCUT2D eigenvalue weighted by Gasteiger charge is -2.30. The van der Waals surface area contributed by atoms with Crippen molar-refractivity contribution < 1.29 is 4.74 Å². The van der Waals surface area contributed by atoms with Gasteiger partial charge in [0, 0.05) is 16.8 Å². The molecule has 0 bridgehead atoms. The maximum Gasteiger partial charge on any atom is 0.0677 e. The smallest absolute Gasteiger partial charge is 0.0677 e. The van der Waals surface area contributed by atoms with Crippen LogP contribution in [0.2, 0.25) is 0 Å². The molecule has 0 aliphatic carbocycles. The molecule has 2 rings (SSSR count). The van der Waals surface area contributed by atoms with Crippen LogP contribution in [0.3, 0.4) is 0 Å². The Hall–Kier alpha value is -0.380. The van der Waals surface area contributed by atoms with Crippen molar-refractivity contribution in [1.29, 1.82) is 0 Å². The standard InChI is InChI=1S/C14H23NOS/c1-13(2)9-11(14(3,4)16-13)12(15)8-10-6-5-7-17-10/h5-7,11-12H,8-9,15H2,1-4H3. The van der Waals surface area contributed by atoms with Gasteiger partial charge in [-0.2, -0.15) is 0 Å². The topological polar surface area (TPSA) is 35.2 Å². The van der Waals surface area contributed by atoms with Crippen molar-refractivity contribution in [1.82, 2.24) is 0 Å². The first-order valence-electron chi connectivity index (χ1n) is 6.28. The van der Waals surface area contributed by atoms with Crippen molar-refractivity contribution in [3.63, 3.8) is 0 Å². The fourth-order valence-electron chi connectivity index (χ4n) is 3.08. The summed E-state index contributed by atoms with van der Waals surface area (Å²) in [5.41, 5.74) is 6.24. The van der Waals surface area contributed by atoms with Gasteiger partial charge in [-0.3, -0.25) is 0 Å².